The average Bonchev–Trinajstić information content (AvgIpc) is 3.19. The quantitative estimate of drug-likeness (QED) is 0.613. The number of amides is 2. The molecule has 1 aromatic heterocycles. The van der Waals surface area contributed by atoms with E-state index in [2.05, 4.69) is 20.8 Å². The van der Waals surface area contributed by atoms with Gasteiger partial charge in [-0.1, -0.05) is 11.6 Å². The summed E-state index contributed by atoms with van der Waals surface area (Å²) in [5.41, 5.74) is 2.70. The molecule has 9 heteroatoms. The molecule has 2 aromatic carbocycles. The molecule has 0 atom stereocenters. The first-order chi connectivity index (χ1) is 14.0. The minimum atomic E-state index is -0.376. The zero-order valence-electron chi connectivity index (χ0n) is 15.2. The minimum absolute atomic E-state index is 0.0574. The van der Waals surface area contributed by atoms with Gasteiger partial charge in [-0.15, -0.1) is 0 Å². The summed E-state index contributed by atoms with van der Waals surface area (Å²) >= 11 is 6.38. The summed E-state index contributed by atoms with van der Waals surface area (Å²) in [5.74, 6) is -0.794. The van der Waals surface area contributed by atoms with Crippen LogP contribution in [0, 0.1) is 5.82 Å². The van der Waals surface area contributed by atoms with E-state index in [0.29, 0.717) is 40.6 Å². The van der Waals surface area contributed by atoms with Crippen LogP contribution in [-0.4, -0.2) is 41.6 Å². The van der Waals surface area contributed by atoms with Gasteiger partial charge in [0.05, 0.1) is 34.7 Å². The molecule has 148 valence electrons. The van der Waals surface area contributed by atoms with E-state index in [-0.39, 0.29) is 24.2 Å². The van der Waals surface area contributed by atoms with Crippen LogP contribution in [0.5, 0.6) is 0 Å². The number of halogens is 2. The first-order valence-electron chi connectivity index (χ1n) is 8.93. The fourth-order valence-electron chi connectivity index (χ4n) is 3.18. The number of hydrogen-bond donors (Lipinski definition) is 3. The summed E-state index contributed by atoms with van der Waals surface area (Å²) < 4.78 is 13.2. The minimum Gasteiger partial charge on any atom is -0.359 e. The lowest BCUT2D eigenvalue weighted by Gasteiger charge is -2.29. The number of aromatic nitrogens is 2. The van der Waals surface area contributed by atoms with Gasteiger partial charge in [0, 0.05) is 24.3 Å². The van der Waals surface area contributed by atoms with Crippen LogP contribution in [0.15, 0.2) is 48.7 Å². The standard InChI is InChI=1S/C20H17ClFN5O2/c21-16-9-14(5-6-17(16)27-8-7-23-18(28)11-27)25-20(29)15-10-24-26-19(15)12-1-3-13(22)4-2-12/h1-6,9-10H,7-8,11H2,(H,23,28)(H,24,26)(H,25,29). The maximum Gasteiger partial charge on any atom is 0.259 e. The van der Waals surface area contributed by atoms with Gasteiger partial charge >= 0.3 is 0 Å². The van der Waals surface area contributed by atoms with Crippen LogP contribution in [0.3, 0.4) is 0 Å². The molecule has 1 aliphatic rings. The summed E-state index contributed by atoms with van der Waals surface area (Å²) in [6.45, 7) is 1.45. The van der Waals surface area contributed by atoms with Crippen molar-refractivity contribution >= 4 is 34.8 Å². The third-order valence-corrected chi connectivity index (χ3v) is 4.90. The molecule has 29 heavy (non-hydrogen) atoms. The van der Waals surface area contributed by atoms with Gasteiger partial charge in [-0.2, -0.15) is 5.10 Å². The van der Waals surface area contributed by atoms with Gasteiger partial charge in [-0.05, 0) is 42.5 Å². The van der Waals surface area contributed by atoms with Gasteiger partial charge in [0.1, 0.15) is 5.82 Å². The molecule has 0 aliphatic carbocycles. The van der Waals surface area contributed by atoms with Gasteiger partial charge in [-0.3, -0.25) is 14.7 Å². The highest BCUT2D eigenvalue weighted by atomic mass is 35.5. The lowest BCUT2D eigenvalue weighted by Crippen LogP contribution is -2.47. The molecule has 7 nitrogen and oxygen atoms in total. The van der Waals surface area contributed by atoms with Crippen LogP contribution < -0.4 is 15.5 Å². The predicted octanol–water partition coefficient (Wildman–Crippen LogP) is 3.06. The predicted molar refractivity (Wildman–Crippen MR) is 109 cm³/mol. The van der Waals surface area contributed by atoms with Gasteiger partial charge in [0.25, 0.3) is 5.91 Å². The maximum atomic E-state index is 13.2. The van der Waals surface area contributed by atoms with Gasteiger partial charge in [-0.25, -0.2) is 4.39 Å². The maximum absolute atomic E-state index is 13.2. The number of carbonyl (C=O) groups excluding carboxylic acids is 2. The number of benzene rings is 2. The van der Waals surface area contributed by atoms with Crippen molar-refractivity contribution in [2.45, 2.75) is 0 Å². The molecule has 0 spiro atoms. The van der Waals surface area contributed by atoms with Crippen molar-refractivity contribution < 1.29 is 14.0 Å². The van der Waals surface area contributed by atoms with Crippen molar-refractivity contribution in [3.8, 4) is 11.3 Å². The third kappa shape index (κ3) is 4.07. The number of nitrogens with zero attached hydrogens (tertiary/aromatic N) is 2. The molecule has 3 aromatic rings. The Balaban J connectivity index is 1.52. The van der Waals surface area contributed by atoms with Crippen molar-refractivity contribution in [1.82, 2.24) is 15.5 Å². The lowest BCUT2D eigenvalue weighted by atomic mass is 10.1. The van der Waals surface area contributed by atoms with Crippen molar-refractivity contribution in [3.05, 3.63) is 65.1 Å². The first kappa shape index (κ1) is 18.9. The van der Waals surface area contributed by atoms with E-state index in [1.807, 2.05) is 4.90 Å². The van der Waals surface area contributed by atoms with Crippen LogP contribution in [0.4, 0.5) is 15.8 Å². The van der Waals surface area contributed by atoms with Crippen molar-refractivity contribution in [2.75, 3.05) is 29.9 Å². The fourth-order valence-corrected chi connectivity index (χ4v) is 3.48. The van der Waals surface area contributed by atoms with E-state index in [9.17, 15) is 14.0 Å². The summed E-state index contributed by atoms with van der Waals surface area (Å²) in [6, 6.07) is 10.9. The number of piperazine rings is 1. The lowest BCUT2D eigenvalue weighted by molar-refractivity contribution is -0.120. The molecular formula is C20H17ClFN5O2. The highest BCUT2D eigenvalue weighted by molar-refractivity contribution is 6.33. The highest BCUT2D eigenvalue weighted by Crippen LogP contribution is 2.30. The van der Waals surface area contributed by atoms with E-state index < -0.39 is 0 Å². The Labute approximate surface area is 170 Å². The molecule has 2 amide bonds. The van der Waals surface area contributed by atoms with Crippen LogP contribution in [-0.2, 0) is 4.79 Å². The number of anilines is 2. The molecule has 1 saturated heterocycles. The Bertz CT molecular complexity index is 1070. The number of rotatable bonds is 4. The van der Waals surface area contributed by atoms with Crippen LogP contribution in [0.1, 0.15) is 10.4 Å². The number of nitrogens with one attached hydrogen (secondary N) is 3. The molecule has 0 bridgehead atoms. The third-order valence-electron chi connectivity index (χ3n) is 4.60. The number of carbonyl (C=O) groups is 2. The van der Waals surface area contributed by atoms with Crippen LogP contribution in [0.2, 0.25) is 5.02 Å². The van der Waals surface area contributed by atoms with E-state index in [1.165, 1.54) is 18.3 Å². The second-order valence-electron chi connectivity index (χ2n) is 6.56. The van der Waals surface area contributed by atoms with E-state index in [1.54, 1.807) is 30.3 Å². The van der Waals surface area contributed by atoms with E-state index >= 15 is 0 Å². The average molecular weight is 414 g/mol. The molecule has 0 saturated carbocycles. The SMILES string of the molecule is O=C1CN(c2ccc(NC(=O)c3cn[nH]c3-c3ccc(F)cc3)cc2Cl)CCN1. The van der Waals surface area contributed by atoms with Gasteiger partial charge in [0.15, 0.2) is 0 Å². The second-order valence-corrected chi connectivity index (χ2v) is 6.96. The van der Waals surface area contributed by atoms with E-state index in [0.717, 1.165) is 5.69 Å². The molecule has 3 N–H and O–H groups in total. The molecule has 0 unspecified atom stereocenters. The Kier molecular flexibility index (Phi) is 5.18. The van der Waals surface area contributed by atoms with Crippen molar-refractivity contribution in [1.29, 1.82) is 0 Å². The largest absolute Gasteiger partial charge is 0.359 e. The van der Waals surface area contributed by atoms with Crippen LogP contribution in [0.25, 0.3) is 11.3 Å². The summed E-state index contributed by atoms with van der Waals surface area (Å²) in [5, 5.41) is 12.7. The number of hydrogen-bond acceptors (Lipinski definition) is 4. The Hall–Kier alpha value is -3.39. The van der Waals surface area contributed by atoms with Gasteiger partial charge < -0.3 is 15.5 Å². The normalized spacial score (nSPS) is 13.9. The zero-order valence-corrected chi connectivity index (χ0v) is 16.0. The molecule has 1 fully saturated rings. The Morgan fingerprint density at radius 1 is 1.21 bits per heavy atom. The topological polar surface area (TPSA) is 90.1 Å². The highest BCUT2D eigenvalue weighted by Gasteiger charge is 2.20. The number of aromatic amines is 1. The second kappa shape index (κ2) is 7.92. The molecule has 4 rings (SSSR count). The molecule has 0 radical (unpaired) electrons. The Morgan fingerprint density at radius 2 is 2.00 bits per heavy atom. The smallest absolute Gasteiger partial charge is 0.259 e. The molecule has 1 aliphatic heterocycles. The van der Waals surface area contributed by atoms with Crippen LogP contribution >= 0.6 is 11.6 Å². The first-order valence-corrected chi connectivity index (χ1v) is 9.31. The zero-order chi connectivity index (χ0) is 20.4. The summed E-state index contributed by atoms with van der Waals surface area (Å²) in [6.07, 6.45) is 1.41. The van der Waals surface area contributed by atoms with E-state index in [4.69, 9.17) is 11.6 Å². The number of H-pyrrole nitrogens is 1. The fraction of sp³-hybridized carbons (Fsp3) is 0.150. The van der Waals surface area contributed by atoms with Crippen molar-refractivity contribution in [3.63, 3.8) is 0 Å². The summed E-state index contributed by atoms with van der Waals surface area (Å²) in [7, 11) is 0. The molecule has 2 heterocycles. The monoisotopic (exact) mass is 413 g/mol. The van der Waals surface area contributed by atoms with Gasteiger partial charge in [0.2, 0.25) is 5.91 Å². The van der Waals surface area contributed by atoms with Crippen molar-refractivity contribution in [2.24, 2.45) is 0 Å². The Morgan fingerprint density at radius 3 is 2.72 bits per heavy atom. The summed E-state index contributed by atoms with van der Waals surface area (Å²) in [4.78, 5) is 26.2. The molecular weight excluding hydrogens is 397 g/mol.